The average Bonchev–Trinajstić information content (AvgIpc) is 2.31. The maximum Gasteiger partial charge on any atom is -0.0298 e. The highest BCUT2D eigenvalue weighted by atomic mass is 14.4. The third-order valence-electron chi connectivity index (χ3n) is 3.60. The van der Waals surface area contributed by atoms with Gasteiger partial charge in [-0.05, 0) is 30.6 Å². The van der Waals surface area contributed by atoms with Gasteiger partial charge in [-0.3, -0.25) is 0 Å². The van der Waals surface area contributed by atoms with Crippen molar-refractivity contribution < 1.29 is 0 Å². The molecule has 0 bridgehead atoms. The van der Waals surface area contributed by atoms with Gasteiger partial charge in [0, 0.05) is 0 Å². The monoisotopic (exact) mass is 154 g/mol. The Morgan fingerprint density at radius 1 is 1.36 bits per heavy atom. The average molecular weight is 154 g/mol. The van der Waals surface area contributed by atoms with Crippen molar-refractivity contribution in [2.75, 3.05) is 0 Å². The van der Waals surface area contributed by atoms with Crippen molar-refractivity contribution in [1.29, 1.82) is 0 Å². The van der Waals surface area contributed by atoms with E-state index in [1.165, 1.54) is 38.5 Å². The van der Waals surface area contributed by atoms with Gasteiger partial charge in [0.2, 0.25) is 0 Å². The summed E-state index contributed by atoms with van der Waals surface area (Å²) in [6.45, 7) is 7.16. The Labute approximate surface area is 71.4 Å². The fourth-order valence-electron chi connectivity index (χ4n) is 2.90. The van der Waals surface area contributed by atoms with E-state index in [0.29, 0.717) is 5.41 Å². The third-order valence-corrected chi connectivity index (χ3v) is 3.60. The van der Waals surface area contributed by atoms with Crippen LogP contribution >= 0.6 is 0 Å². The molecule has 0 heteroatoms. The van der Waals surface area contributed by atoms with Crippen LogP contribution in [0.2, 0.25) is 0 Å². The summed E-state index contributed by atoms with van der Waals surface area (Å²) in [5.41, 5.74) is 0.712. The van der Waals surface area contributed by atoms with Gasteiger partial charge in [0.05, 0.1) is 0 Å². The highest BCUT2D eigenvalue weighted by Gasteiger charge is 2.36. The Hall–Kier alpha value is 0. The summed E-state index contributed by atoms with van der Waals surface area (Å²) >= 11 is 0. The lowest BCUT2D eigenvalue weighted by atomic mass is 9.75. The maximum atomic E-state index is 2.50. The van der Waals surface area contributed by atoms with E-state index in [4.69, 9.17) is 0 Å². The minimum atomic E-state index is 0.712. The molecule has 0 spiro atoms. The number of rotatable bonds is 3. The summed E-state index contributed by atoms with van der Waals surface area (Å²) < 4.78 is 0. The topological polar surface area (TPSA) is 0 Å². The van der Waals surface area contributed by atoms with E-state index in [1.807, 2.05) is 0 Å². The Morgan fingerprint density at radius 2 is 2.09 bits per heavy atom. The first-order chi connectivity index (χ1) is 5.23. The predicted octanol–water partition coefficient (Wildman–Crippen LogP) is 4.00. The SMILES string of the molecule is CCC[C@]1(C)CCCC1CC. The second-order valence-corrected chi connectivity index (χ2v) is 4.40. The van der Waals surface area contributed by atoms with Crippen LogP contribution in [0.4, 0.5) is 0 Å². The zero-order valence-corrected chi connectivity index (χ0v) is 8.32. The summed E-state index contributed by atoms with van der Waals surface area (Å²) in [6, 6.07) is 0. The molecule has 0 aliphatic heterocycles. The Bertz CT molecular complexity index is 117. The molecule has 0 saturated heterocycles. The van der Waals surface area contributed by atoms with Gasteiger partial charge in [-0.2, -0.15) is 0 Å². The van der Waals surface area contributed by atoms with E-state index in [2.05, 4.69) is 20.8 Å². The van der Waals surface area contributed by atoms with E-state index < -0.39 is 0 Å². The summed E-state index contributed by atoms with van der Waals surface area (Å²) in [4.78, 5) is 0. The second-order valence-electron chi connectivity index (χ2n) is 4.40. The molecule has 1 unspecified atom stereocenters. The molecule has 0 aromatic carbocycles. The first kappa shape index (κ1) is 9.09. The van der Waals surface area contributed by atoms with Crippen LogP contribution in [0, 0.1) is 11.3 Å². The van der Waals surface area contributed by atoms with Crippen LogP contribution in [0.3, 0.4) is 0 Å². The standard InChI is InChI=1S/C11H22/c1-4-8-11(3)9-6-7-10(11)5-2/h10H,4-9H2,1-3H3/t10?,11-/m1/s1. The molecule has 1 saturated carbocycles. The predicted molar refractivity (Wildman–Crippen MR) is 50.6 cm³/mol. The molecule has 1 rings (SSSR count). The van der Waals surface area contributed by atoms with Gasteiger partial charge in [0.1, 0.15) is 0 Å². The van der Waals surface area contributed by atoms with Gasteiger partial charge in [0.15, 0.2) is 0 Å². The molecule has 0 aromatic heterocycles. The van der Waals surface area contributed by atoms with Crippen LogP contribution in [0.15, 0.2) is 0 Å². The largest absolute Gasteiger partial charge is 0.0654 e. The van der Waals surface area contributed by atoms with E-state index in [-0.39, 0.29) is 0 Å². The minimum Gasteiger partial charge on any atom is -0.0654 e. The third kappa shape index (κ3) is 1.77. The van der Waals surface area contributed by atoms with Crippen molar-refractivity contribution in [2.45, 2.75) is 59.3 Å². The fourth-order valence-corrected chi connectivity index (χ4v) is 2.90. The summed E-state index contributed by atoms with van der Waals surface area (Å²) in [6.07, 6.45) is 8.68. The molecular weight excluding hydrogens is 132 g/mol. The van der Waals surface area contributed by atoms with E-state index in [9.17, 15) is 0 Å². The summed E-state index contributed by atoms with van der Waals surface area (Å²) in [5, 5.41) is 0. The molecule has 0 amide bonds. The quantitative estimate of drug-likeness (QED) is 0.576. The van der Waals surface area contributed by atoms with Gasteiger partial charge in [-0.1, -0.05) is 40.0 Å². The summed E-state index contributed by atoms with van der Waals surface area (Å²) in [5.74, 6) is 1.03. The van der Waals surface area contributed by atoms with Crippen molar-refractivity contribution in [2.24, 2.45) is 11.3 Å². The van der Waals surface area contributed by atoms with Crippen molar-refractivity contribution in [3.05, 3.63) is 0 Å². The van der Waals surface area contributed by atoms with Crippen molar-refractivity contribution in [3.8, 4) is 0 Å². The Kier molecular flexibility index (Phi) is 2.98. The summed E-state index contributed by atoms with van der Waals surface area (Å²) in [7, 11) is 0. The number of hydrogen-bond donors (Lipinski definition) is 0. The minimum absolute atomic E-state index is 0.712. The van der Waals surface area contributed by atoms with Gasteiger partial charge in [-0.15, -0.1) is 0 Å². The van der Waals surface area contributed by atoms with Gasteiger partial charge < -0.3 is 0 Å². The number of hydrogen-bond acceptors (Lipinski definition) is 0. The highest BCUT2D eigenvalue weighted by molar-refractivity contribution is 4.87. The molecule has 1 aliphatic carbocycles. The van der Waals surface area contributed by atoms with Gasteiger partial charge in [0.25, 0.3) is 0 Å². The lowest BCUT2D eigenvalue weighted by molar-refractivity contribution is 0.202. The molecule has 0 nitrogen and oxygen atoms in total. The van der Waals surface area contributed by atoms with Crippen LogP contribution in [0.1, 0.15) is 59.3 Å². The lowest BCUT2D eigenvalue weighted by Crippen LogP contribution is -2.20. The molecule has 0 aromatic rings. The first-order valence-electron chi connectivity index (χ1n) is 5.23. The smallest absolute Gasteiger partial charge is 0.0298 e. The van der Waals surface area contributed by atoms with Crippen molar-refractivity contribution >= 4 is 0 Å². The molecule has 2 atom stereocenters. The van der Waals surface area contributed by atoms with E-state index >= 15 is 0 Å². The van der Waals surface area contributed by atoms with E-state index in [1.54, 1.807) is 0 Å². The van der Waals surface area contributed by atoms with Crippen LogP contribution < -0.4 is 0 Å². The van der Waals surface area contributed by atoms with Crippen LogP contribution in [0.5, 0.6) is 0 Å². The lowest BCUT2D eigenvalue weighted by Gasteiger charge is -2.30. The molecule has 66 valence electrons. The molecule has 0 N–H and O–H groups in total. The molecular formula is C11H22. The zero-order chi connectivity index (χ0) is 8.32. The maximum absolute atomic E-state index is 2.50. The zero-order valence-electron chi connectivity index (χ0n) is 8.32. The molecule has 0 radical (unpaired) electrons. The van der Waals surface area contributed by atoms with Crippen LogP contribution in [-0.4, -0.2) is 0 Å². The van der Waals surface area contributed by atoms with Crippen molar-refractivity contribution in [3.63, 3.8) is 0 Å². The Morgan fingerprint density at radius 3 is 2.64 bits per heavy atom. The van der Waals surface area contributed by atoms with Crippen LogP contribution in [-0.2, 0) is 0 Å². The molecule has 1 aliphatic rings. The Balaban J connectivity index is 2.51. The molecule has 1 fully saturated rings. The van der Waals surface area contributed by atoms with Crippen LogP contribution in [0.25, 0.3) is 0 Å². The molecule has 11 heavy (non-hydrogen) atoms. The second kappa shape index (κ2) is 3.60. The normalized spacial score (nSPS) is 37.9. The van der Waals surface area contributed by atoms with Crippen molar-refractivity contribution in [1.82, 2.24) is 0 Å². The fraction of sp³-hybridized carbons (Fsp3) is 1.00. The first-order valence-corrected chi connectivity index (χ1v) is 5.23. The van der Waals surface area contributed by atoms with Gasteiger partial charge in [-0.25, -0.2) is 0 Å². The highest BCUT2D eigenvalue weighted by Crippen LogP contribution is 2.47. The van der Waals surface area contributed by atoms with E-state index in [0.717, 1.165) is 5.92 Å². The van der Waals surface area contributed by atoms with Gasteiger partial charge >= 0.3 is 0 Å². The molecule has 0 heterocycles.